The van der Waals surface area contributed by atoms with Crippen molar-refractivity contribution in [2.24, 2.45) is 4.99 Å². The molecule has 0 amide bonds. The number of nitrogens with zero attached hydrogens (tertiary/aromatic N) is 2. The van der Waals surface area contributed by atoms with Gasteiger partial charge in [-0.25, -0.2) is 0 Å². The summed E-state index contributed by atoms with van der Waals surface area (Å²) in [5, 5.41) is 10.3. The van der Waals surface area contributed by atoms with Gasteiger partial charge in [0.05, 0.1) is 18.9 Å². The van der Waals surface area contributed by atoms with Crippen LogP contribution in [-0.4, -0.2) is 29.4 Å². The van der Waals surface area contributed by atoms with Crippen LogP contribution in [0.3, 0.4) is 0 Å². The topological polar surface area (TPSA) is 35.8 Å². The van der Waals surface area contributed by atoms with Gasteiger partial charge in [0.25, 0.3) is 0 Å². The molecule has 2 aromatic rings. The first kappa shape index (κ1) is 10.6. The molecule has 1 heterocycles. The summed E-state index contributed by atoms with van der Waals surface area (Å²) < 4.78 is 0. The first-order valence-corrected chi connectivity index (χ1v) is 6.53. The highest BCUT2D eigenvalue weighted by Crippen LogP contribution is 2.49. The summed E-state index contributed by atoms with van der Waals surface area (Å²) in [6.07, 6.45) is 1.91. The van der Waals surface area contributed by atoms with E-state index in [1.165, 1.54) is 11.1 Å². The zero-order valence-electron chi connectivity index (χ0n) is 10.5. The fraction of sp³-hybridized carbons (Fsp3) is 0.188. The van der Waals surface area contributed by atoms with Crippen molar-refractivity contribution in [1.82, 2.24) is 4.90 Å². The fourth-order valence-corrected chi connectivity index (χ4v) is 3.15. The third-order valence-corrected chi connectivity index (χ3v) is 3.95. The highest BCUT2D eigenvalue weighted by molar-refractivity contribution is 5.82. The second-order valence-electron chi connectivity index (χ2n) is 4.99. The lowest BCUT2D eigenvalue weighted by atomic mass is 10.0. The quantitative estimate of drug-likeness (QED) is 0.844. The number of fused-ring (bicyclic) bond motifs is 3. The van der Waals surface area contributed by atoms with Crippen LogP contribution >= 0.6 is 0 Å². The van der Waals surface area contributed by atoms with Gasteiger partial charge in [0.15, 0.2) is 0 Å². The van der Waals surface area contributed by atoms with Crippen LogP contribution in [0, 0.1) is 0 Å². The summed E-state index contributed by atoms with van der Waals surface area (Å²) in [5.74, 6) is 0.374. The molecule has 19 heavy (non-hydrogen) atoms. The summed E-state index contributed by atoms with van der Waals surface area (Å²) in [5.41, 5.74) is 4.63. The number of aliphatic imine (C=N–C) groups is 1. The molecule has 1 aliphatic carbocycles. The summed E-state index contributed by atoms with van der Waals surface area (Å²) in [4.78, 5) is 6.52. The molecule has 3 heteroatoms. The van der Waals surface area contributed by atoms with Crippen LogP contribution in [0.5, 0.6) is 5.75 Å². The standard InChI is InChI=1S/C16H14N2O/c19-14-7-3-6-12-11-4-1-2-5-13(11)16(15(12)14)18-9-8-17-10-18/h1-7,10,16,19H,8-9H2. The van der Waals surface area contributed by atoms with Gasteiger partial charge in [-0.05, 0) is 22.8 Å². The fourth-order valence-electron chi connectivity index (χ4n) is 3.15. The number of phenolic OH excluding ortho intramolecular Hbond substituents is 1. The SMILES string of the molecule is Oc1cccc2c1C(N1C=NCC1)c1ccccc1-2. The molecule has 0 radical (unpaired) electrons. The molecule has 0 spiro atoms. The summed E-state index contributed by atoms with van der Waals surface area (Å²) in [7, 11) is 0. The summed E-state index contributed by atoms with van der Waals surface area (Å²) >= 11 is 0. The zero-order valence-corrected chi connectivity index (χ0v) is 10.5. The monoisotopic (exact) mass is 250 g/mol. The van der Waals surface area contributed by atoms with Gasteiger partial charge in [0, 0.05) is 12.1 Å². The summed E-state index contributed by atoms with van der Waals surface area (Å²) in [6, 6.07) is 14.2. The molecule has 1 unspecified atom stereocenters. The first-order valence-electron chi connectivity index (χ1n) is 6.53. The van der Waals surface area contributed by atoms with E-state index in [-0.39, 0.29) is 6.04 Å². The molecule has 1 atom stereocenters. The van der Waals surface area contributed by atoms with Crippen LogP contribution < -0.4 is 0 Å². The lowest BCUT2D eigenvalue weighted by Crippen LogP contribution is -2.25. The lowest BCUT2D eigenvalue weighted by Gasteiger charge is -2.25. The number of hydrogen-bond donors (Lipinski definition) is 1. The van der Waals surface area contributed by atoms with Crippen molar-refractivity contribution < 1.29 is 5.11 Å². The third kappa shape index (κ3) is 1.41. The number of aromatic hydroxyl groups is 1. The number of benzene rings is 2. The van der Waals surface area contributed by atoms with Gasteiger partial charge in [0.1, 0.15) is 5.75 Å². The van der Waals surface area contributed by atoms with Crippen LogP contribution in [0.25, 0.3) is 11.1 Å². The Labute approximate surface area is 111 Å². The molecule has 2 aromatic carbocycles. The van der Waals surface area contributed by atoms with Crippen molar-refractivity contribution in [1.29, 1.82) is 0 Å². The molecule has 0 bridgehead atoms. The Morgan fingerprint density at radius 2 is 1.89 bits per heavy atom. The smallest absolute Gasteiger partial charge is 0.121 e. The Morgan fingerprint density at radius 3 is 2.74 bits per heavy atom. The Morgan fingerprint density at radius 1 is 1.05 bits per heavy atom. The van der Waals surface area contributed by atoms with Crippen molar-refractivity contribution in [2.45, 2.75) is 6.04 Å². The van der Waals surface area contributed by atoms with Crippen LogP contribution in [0.4, 0.5) is 0 Å². The molecule has 0 fully saturated rings. The minimum absolute atomic E-state index is 0.0960. The minimum Gasteiger partial charge on any atom is -0.508 e. The second kappa shape index (κ2) is 3.85. The van der Waals surface area contributed by atoms with E-state index in [2.05, 4.69) is 34.2 Å². The average molecular weight is 250 g/mol. The van der Waals surface area contributed by atoms with Crippen molar-refractivity contribution in [3.63, 3.8) is 0 Å². The van der Waals surface area contributed by atoms with Gasteiger partial charge in [0.2, 0.25) is 0 Å². The molecule has 0 aromatic heterocycles. The molecule has 3 nitrogen and oxygen atoms in total. The maximum atomic E-state index is 10.3. The molecule has 1 N–H and O–H groups in total. The largest absolute Gasteiger partial charge is 0.508 e. The zero-order chi connectivity index (χ0) is 12.8. The Kier molecular flexibility index (Phi) is 2.15. The first-order chi connectivity index (χ1) is 9.36. The molecule has 1 aliphatic heterocycles. The van der Waals surface area contributed by atoms with E-state index in [0.29, 0.717) is 5.75 Å². The van der Waals surface area contributed by atoms with E-state index in [0.717, 1.165) is 24.2 Å². The van der Waals surface area contributed by atoms with Crippen LogP contribution in [0.2, 0.25) is 0 Å². The van der Waals surface area contributed by atoms with E-state index in [9.17, 15) is 5.11 Å². The van der Waals surface area contributed by atoms with Crippen molar-refractivity contribution in [2.75, 3.05) is 13.1 Å². The number of phenols is 1. The molecule has 2 aliphatic rings. The lowest BCUT2D eigenvalue weighted by molar-refractivity contribution is 0.386. The Balaban J connectivity index is 1.98. The van der Waals surface area contributed by atoms with E-state index < -0.39 is 0 Å². The second-order valence-corrected chi connectivity index (χ2v) is 4.99. The minimum atomic E-state index is 0.0960. The molecular weight excluding hydrogens is 236 g/mol. The van der Waals surface area contributed by atoms with Gasteiger partial charge < -0.3 is 10.0 Å². The Hall–Kier alpha value is -2.29. The van der Waals surface area contributed by atoms with E-state index in [1.54, 1.807) is 6.07 Å². The molecule has 0 saturated heterocycles. The predicted octanol–water partition coefficient (Wildman–Crippen LogP) is 2.81. The van der Waals surface area contributed by atoms with Gasteiger partial charge in [-0.15, -0.1) is 0 Å². The molecule has 94 valence electrons. The van der Waals surface area contributed by atoms with Gasteiger partial charge >= 0.3 is 0 Å². The molecular formula is C16H14N2O. The number of hydrogen-bond acceptors (Lipinski definition) is 3. The maximum Gasteiger partial charge on any atom is 0.121 e. The van der Waals surface area contributed by atoms with E-state index in [4.69, 9.17) is 0 Å². The van der Waals surface area contributed by atoms with Gasteiger partial charge in [-0.1, -0.05) is 36.4 Å². The number of rotatable bonds is 1. The third-order valence-electron chi connectivity index (χ3n) is 3.95. The van der Waals surface area contributed by atoms with Crippen molar-refractivity contribution >= 4 is 6.34 Å². The van der Waals surface area contributed by atoms with Crippen LogP contribution in [0.1, 0.15) is 17.2 Å². The van der Waals surface area contributed by atoms with Gasteiger partial charge in [-0.3, -0.25) is 4.99 Å². The molecule has 0 saturated carbocycles. The molecule has 4 rings (SSSR count). The van der Waals surface area contributed by atoms with E-state index >= 15 is 0 Å². The normalized spacial score (nSPS) is 19.6. The highest BCUT2D eigenvalue weighted by Gasteiger charge is 2.34. The van der Waals surface area contributed by atoms with Crippen LogP contribution in [-0.2, 0) is 0 Å². The Bertz CT molecular complexity index is 678. The van der Waals surface area contributed by atoms with Crippen molar-refractivity contribution in [3.05, 3.63) is 53.6 Å². The predicted molar refractivity (Wildman–Crippen MR) is 75.5 cm³/mol. The van der Waals surface area contributed by atoms with Gasteiger partial charge in [-0.2, -0.15) is 0 Å². The van der Waals surface area contributed by atoms with Crippen molar-refractivity contribution in [3.8, 4) is 16.9 Å². The maximum absolute atomic E-state index is 10.3. The highest BCUT2D eigenvalue weighted by atomic mass is 16.3. The summed E-state index contributed by atoms with van der Waals surface area (Å²) in [6.45, 7) is 1.74. The average Bonchev–Trinajstić information content (AvgIpc) is 3.04. The van der Waals surface area contributed by atoms with E-state index in [1.807, 2.05) is 18.5 Å². The van der Waals surface area contributed by atoms with Crippen LogP contribution in [0.15, 0.2) is 47.5 Å².